The van der Waals surface area contributed by atoms with Gasteiger partial charge in [-0.2, -0.15) is 14.8 Å². The summed E-state index contributed by atoms with van der Waals surface area (Å²) in [7, 11) is -4.10. The van der Waals surface area contributed by atoms with E-state index in [1.807, 2.05) is 0 Å². The Morgan fingerprint density at radius 3 is 2.25 bits per heavy atom. The number of benzene rings is 1. The third-order valence-electron chi connectivity index (χ3n) is 2.33. The van der Waals surface area contributed by atoms with Gasteiger partial charge in [0.05, 0.1) is 22.0 Å². The van der Waals surface area contributed by atoms with Gasteiger partial charge in [-0.3, -0.25) is 10.1 Å². The molecule has 20 heavy (non-hydrogen) atoms. The lowest BCUT2D eigenvalue weighted by Gasteiger charge is -2.15. The second-order valence-corrected chi connectivity index (χ2v) is 5.50. The maximum absolute atomic E-state index is 12.1. The SMILES string of the molecule is N#CCN(CC#N)S(=O)(=O)c1ccc([N+](=O)[O-])c(N)c1. The average molecular weight is 295 g/mol. The van der Waals surface area contributed by atoms with Crippen LogP contribution in [0.4, 0.5) is 11.4 Å². The predicted molar refractivity (Wildman–Crippen MR) is 67.5 cm³/mol. The molecule has 1 aromatic rings. The second-order valence-electron chi connectivity index (χ2n) is 3.57. The molecule has 10 heteroatoms. The monoisotopic (exact) mass is 295 g/mol. The normalized spacial score (nSPS) is 10.8. The quantitative estimate of drug-likeness (QED) is 0.352. The van der Waals surface area contributed by atoms with Crippen molar-refractivity contribution in [3.05, 3.63) is 28.3 Å². The van der Waals surface area contributed by atoms with Gasteiger partial charge in [0.25, 0.3) is 5.69 Å². The Hall–Kier alpha value is -2.69. The first kappa shape index (κ1) is 15.4. The smallest absolute Gasteiger partial charge is 0.292 e. The highest BCUT2D eigenvalue weighted by Crippen LogP contribution is 2.26. The molecular weight excluding hydrogens is 286 g/mol. The van der Waals surface area contributed by atoms with Crippen LogP contribution in [0.5, 0.6) is 0 Å². The number of nitro benzene ring substituents is 1. The largest absolute Gasteiger partial charge is 0.393 e. The summed E-state index contributed by atoms with van der Waals surface area (Å²) in [4.78, 5) is 9.55. The summed E-state index contributed by atoms with van der Waals surface area (Å²) in [6.45, 7) is -1.01. The minimum Gasteiger partial charge on any atom is -0.393 e. The van der Waals surface area contributed by atoms with Crippen molar-refractivity contribution < 1.29 is 13.3 Å². The van der Waals surface area contributed by atoms with Gasteiger partial charge in [-0.05, 0) is 12.1 Å². The van der Waals surface area contributed by atoms with E-state index in [1.54, 1.807) is 12.1 Å². The topological polar surface area (TPSA) is 154 Å². The maximum Gasteiger partial charge on any atom is 0.292 e. The van der Waals surface area contributed by atoms with E-state index in [1.165, 1.54) is 0 Å². The first-order valence-corrected chi connectivity index (χ1v) is 6.56. The first-order chi connectivity index (χ1) is 9.34. The molecule has 0 unspecified atom stereocenters. The molecule has 0 radical (unpaired) electrons. The van der Waals surface area contributed by atoms with Crippen molar-refractivity contribution >= 4 is 21.4 Å². The Bertz CT molecular complexity index is 700. The van der Waals surface area contributed by atoms with Crippen molar-refractivity contribution in [2.45, 2.75) is 4.90 Å². The Morgan fingerprint density at radius 1 is 1.30 bits per heavy atom. The number of sulfonamides is 1. The number of nitrogens with zero attached hydrogens (tertiary/aromatic N) is 4. The van der Waals surface area contributed by atoms with Gasteiger partial charge < -0.3 is 5.73 Å². The molecule has 0 spiro atoms. The average Bonchev–Trinajstić information content (AvgIpc) is 2.37. The number of nitrogen functional groups attached to an aromatic ring is 1. The van der Waals surface area contributed by atoms with Crippen LogP contribution in [0.25, 0.3) is 0 Å². The van der Waals surface area contributed by atoms with Gasteiger partial charge in [0.1, 0.15) is 18.8 Å². The van der Waals surface area contributed by atoms with E-state index in [9.17, 15) is 18.5 Å². The van der Waals surface area contributed by atoms with E-state index >= 15 is 0 Å². The van der Waals surface area contributed by atoms with Crippen molar-refractivity contribution in [1.29, 1.82) is 10.5 Å². The molecule has 2 N–H and O–H groups in total. The molecule has 0 saturated carbocycles. The zero-order chi connectivity index (χ0) is 15.3. The van der Waals surface area contributed by atoms with E-state index in [2.05, 4.69) is 0 Å². The Balaban J connectivity index is 3.29. The van der Waals surface area contributed by atoms with Crippen molar-refractivity contribution in [2.24, 2.45) is 0 Å². The third-order valence-corrected chi connectivity index (χ3v) is 4.12. The van der Waals surface area contributed by atoms with E-state index < -0.39 is 33.7 Å². The maximum atomic E-state index is 12.1. The molecule has 1 rings (SSSR count). The van der Waals surface area contributed by atoms with Gasteiger partial charge in [0, 0.05) is 6.07 Å². The lowest BCUT2D eigenvalue weighted by molar-refractivity contribution is -0.383. The molecule has 0 fully saturated rings. The highest BCUT2D eigenvalue weighted by atomic mass is 32.2. The summed E-state index contributed by atoms with van der Waals surface area (Å²) in [5.41, 5.74) is 4.68. The van der Waals surface area contributed by atoms with Crippen LogP contribution in [0.15, 0.2) is 23.1 Å². The zero-order valence-electron chi connectivity index (χ0n) is 10.1. The summed E-state index contributed by atoms with van der Waals surface area (Å²) in [6, 6.07) is 6.15. The van der Waals surface area contributed by atoms with Crippen LogP contribution in [0, 0.1) is 32.8 Å². The summed E-state index contributed by atoms with van der Waals surface area (Å²) >= 11 is 0. The van der Waals surface area contributed by atoms with Crippen molar-refractivity contribution in [3.63, 3.8) is 0 Å². The van der Waals surface area contributed by atoms with Crippen LogP contribution in [-0.2, 0) is 10.0 Å². The van der Waals surface area contributed by atoms with E-state index in [-0.39, 0.29) is 10.6 Å². The standard InChI is InChI=1S/C10H9N5O4S/c11-3-5-14(6-4-12)20(18,19)8-1-2-10(15(16)17)9(13)7-8/h1-2,7H,5-6,13H2. The number of nitrogens with two attached hydrogens (primary N) is 1. The highest BCUT2D eigenvalue weighted by Gasteiger charge is 2.26. The van der Waals surface area contributed by atoms with Crippen LogP contribution >= 0.6 is 0 Å². The molecular formula is C10H9N5O4S. The minimum absolute atomic E-state index is 0.314. The summed E-state index contributed by atoms with van der Waals surface area (Å²) < 4.78 is 24.9. The molecule has 1 aromatic carbocycles. The van der Waals surface area contributed by atoms with Crippen molar-refractivity contribution in [1.82, 2.24) is 4.31 Å². The van der Waals surface area contributed by atoms with Crippen LogP contribution in [0.3, 0.4) is 0 Å². The lowest BCUT2D eigenvalue weighted by Crippen LogP contribution is -2.31. The molecule has 0 saturated heterocycles. The number of hydrogen-bond acceptors (Lipinski definition) is 7. The van der Waals surface area contributed by atoms with Crippen molar-refractivity contribution in [3.8, 4) is 12.1 Å². The molecule has 0 bridgehead atoms. The molecule has 0 amide bonds. The van der Waals surface area contributed by atoms with Gasteiger partial charge in [-0.1, -0.05) is 0 Å². The number of rotatable bonds is 5. The zero-order valence-corrected chi connectivity index (χ0v) is 10.9. The number of nitro groups is 1. The molecule has 0 atom stereocenters. The fraction of sp³-hybridized carbons (Fsp3) is 0.200. The van der Waals surface area contributed by atoms with E-state index in [4.69, 9.17) is 16.3 Å². The molecule has 104 valence electrons. The van der Waals surface area contributed by atoms with Crippen molar-refractivity contribution in [2.75, 3.05) is 18.8 Å². The molecule has 0 heterocycles. The van der Waals surface area contributed by atoms with Crippen LogP contribution in [-0.4, -0.2) is 30.7 Å². The fourth-order valence-electron chi connectivity index (χ4n) is 1.39. The number of hydrogen-bond donors (Lipinski definition) is 1. The Kier molecular flexibility index (Phi) is 4.59. The van der Waals surface area contributed by atoms with Gasteiger partial charge in [-0.15, -0.1) is 0 Å². The predicted octanol–water partition coefficient (Wildman–Crippen LogP) is 0.215. The lowest BCUT2D eigenvalue weighted by atomic mass is 10.3. The summed E-state index contributed by atoms with van der Waals surface area (Å²) in [5, 5.41) is 27.7. The van der Waals surface area contributed by atoms with E-state index in [0.717, 1.165) is 18.2 Å². The van der Waals surface area contributed by atoms with E-state index in [0.29, 0.717) is 4.31 Å². The Labute approximate surface area is 114 Å². The second kappa shape index (κ2) is 5.97. The van der Waals surface area contributed by atoms with Gasteiger partial charge in [0.15, 0.2) is 0 Å². The first-order valence-electron chi connectivity index (χ1n) is 5.12. The minimum atomic E-state index is -4.10. The van der Waals surface area contributed by atoms with Crippen LogP contribution in [0.1, 0.15) is 0 Å². The Morgan fingerprint density at radius 2 is 1.85 bits per heavy atom. The third kappa shape index (κ3) is 3.00. The van der Waals surface area contributed by atoms with Gasteiger partial charge >= 0.3 is 0 Å². The summed E-state index contributed by atoms with van der Waals surface area (Å²) in [5.74, 6) is 0. The fourth-order valence-corrected chi connectivity index (χ4v) is 2.66. The molecule has 0 aromatic heterocycles. The molecule has 0 aliphatic rings. The van der Waals surface area contributed by atoms with Crippen LogP contribution < -0.4 is 5.73 Å². The highest BCUT2D eigenvalue weighted by molar-refractivity contribution is 7.89. The number of anilines is 1. The summed E-state index contributed by atoms with van der Waals surface area (Å²) in [6.07, 6.45) is 0. The van der Waals surface area contributed by atoms with Gasteiger partial charge in [0.2, 0.25) is 10.0 Å². The van der Waals surface area contributed by atoms with Gasteiger partial charge in [-0.25, -0.2) is 8.42 Å². The number of nitriles is 2. The molecule has 0 aliphatic carbocycles. The molecule has 9 nitrogen and oxygen atoms in total. The molecule has 0 aliphatic heterocycles. The van der Waals surface area contributed by atoms with Crippen LogP contribution in [0.2, 0.25) is 0 Å².